The van der Waals surface area contributed by atoms with Crippen LogP contribution in [0.1, 0.15) is 56.2 Å². The van der Waals surface area contributed by atoms with E-state index in [1.807, 2.05) is 19.9 Å². The lowest BCUT2D eigenvalue weighted by Crippen LogP contribution is -2.23. The van der Waals surface area contributed by atoms with Crippen LogP contribution in [0.3, 0.4) is 0 Å². The van der Waals surface area contributed by atoms with Gasteiger partial charge in [-0.15, -0.1) is 0 Å². The molecule has 25 heavy (non-hydrogen) atoms. The van der Waals surface area contributed by atoms with E-state index >= 15 is 0 Å². The van der Waals surface area contributed by atoms with Crippen molar-refractivity contribution in [2.24, 2.45) is 0 Å². The van der Waals surface area contributed by atoms with Crippen molar-refractivity contribution >= 4 is 0 Å². The second-order valence-corrected chi connectivity index (χ2v) is 6.55. The van der Waals surface area contributed by atoms with E-state index in [0.717, 1.165) is 48.9 Å². The number of likely N-dealkylation sites (tertiary alicyclic amines) is 1. The van der Waals surface area contributed by atoms with Gasteiger partial charge in [-0.05, 0) is 57.4 Å². The summed E-state index contributed by atoms with van der Waals surface area (Å²) in [5.74, 6) is 2.54. The Morgan fingerprint density at radius 2 is 2.08 bits per heavy atom. The molecule has 0 saturated carbocycles. The number of hydrogen-bond donors (Lipinski definition) is 0. The SMILES string of the molecule is CCCOc1ccc(CN2CCC[C@@H]2c2cc(C)on2)cc1OCC. The largest absolute Gasteiger partial charge is 0.490 e. The second kappa shape index (κ2) is 8.39. The minimum atomic E-state index is 0.337. The molecule has 0 radical (unpaired) electrons. The van der Waals surface area contributed by atoms with Crippen molar-refractivity contribution in [3.63, 3.8) is 0 Å². The van der Waals surface area contributed by atoms with Crippen LogP contribution < -0.4 is 9.47 Å². The van der Waals surface area contributed by atoms with Gasteiger partial charge in [0.15, 0.2) is 11.5 Å². The summed E-state index contributed by atoms with van der Waals surface area (Å²) in [6.45, 7) is 9.35. The number of nitrogens with zero attached hydrogens (tertiary/aromatic N) is 2. The number of ether oxygens (including phenoxy) is 2. The highest BCUT2D eigenvalue weighted by atomic mass is 16.5. The first-order chi connectivity index (χ1) is 12.2. The van der Waals surface area contributed by atoms with E-state index in [0.29, 0.717) is 19.3 Å². The van der Waals surface area contributed by atoms with Gasteiger partial charge in [-0.2, -0.15) is 0 Å². The van der Waals surface area contributed by atoms with E-state index in [2.05, 4.69) is 35.2 Å². The first-order valence-corrected chi connectivity index (χ1v) is 9.27. The van der Waals surface area contributed by atoms with Gasteiger partial charge in [0.2, 0.25) is 0 Å². The molecule has 0 unspecified atom stereocenters. The average molecular weight is 344 g/mol. The van der Waals surface area contributed by atoms with Gasteiger partial charge in [0, 0.05) is 12.6 Å². The van der Waals surface area contributed by atoms with Gasteiger partial charge in [0.1, 0.15) is 11.5 Å². The monoisotopic (exact) mass is 344 g/mol. The van der Waals surface area contributed by atoms with Crippen LogP contribution in [-0.4, -0.2) is 29.8 Å². The average Bonchev–Trinajstić information content (AvgIpc) is 3.23. The van der Waals surface area contributed by atoms with Crippen LogP contribution in [0.25, 0.3) is 0 Å². The van der Waals surface area contributed by atoms with Crippen molar-refractivity contribution in [1.29, 1.82) is 0 Å². The summed E-state index contributed by atoms with van der Waals surface area (Å²) in [5.41, 5.74) is 2.28. The molecule has 0 bridgehead atoms. The molecule has 1 saturated heterocycles. The molecule has 1 aliphatic rings. The maximum Gasteiger partial charge on any atom is 0.161 e. The van der Waals surface area contributed by atoms with Crippen LogP contribution in [0, 0.1) is 6.92 Å². The van der Waals surface area contributed by atoms with Crippen LogP contribution >= 0.6 is 0 Å². The molecule has 1 aromatic carbocycles. The van der Waals surface area contributed by atoms with Crippen LogP contribution in [0.5, 0.6) is 11.5 Å². The zero-order chi connectivity index (χ0) is 17.6. The van der Waals surface area contributed by atoms with E-state index in [-0.39, 0.29) is 0 Å². The van der Waals surface area contributed by atoms with Gasteiger partial charge in [-0.1, -0.05) is 18.1 Å². The van der Waals surface area contributed by atoms with Crippen LogP contribution in [0.2, 0.25) is 0 Å². The van der Waals surface area contributed by atoms with E-state index in [1.165, 1.54) is 12.0 Å². The summed E-state index contributed by atoms with van der Waals surface area (Å²) < 4.78 is 16.8. The summed E-state index contributed by atoms with van der Waals surface area (Å²) in [6.07, 6.45) is 3.30. The lowest BCUT2D eigenvalue weighted by molar-refractivity contribution is 0.235. The lowest BCUT2D eigenvalue weighted by atomic mass is 10.1. The Labute approximate surface area is 149 Å². The summed E-state index contributed by atoms with van der Waals surface area (Å²) in [6, 6.07) is 8.66. The van der Waals surface area contributed by atoms with Crippen molar-refractivity contribution in [3.8, 4) is 11.5 Å². The molecule has 5 heteroatoms. The predicted molar refractivity (Wildman–Crippen MR) is 97.0 cm³/mol. The Morgan fingerprint density at radius 1 is 1.20 bits per heavy atom. The molecule has 1 aromatic heterocycles. The third-order valence-electron chi connectivity index (χ3n) is 4.51. The topological polar surface area (TPSA) is 47.7 Å². The molecule has 2 aromatic rings. The molecule has 0 N–H and O–H groups in total. The number of aromatic nitrogens is 1. The molecule has 3 rings (SSSR count). The second-order valence-electron chi connectivity index (χ2n) is 6.55. The van der Waals surface area contributed by atoms with Gasteiger partial charge in [-0.3, -0.25) is 4.90 Å². The molecule has 0 amide bonds. The Balaban J connectivity index is 1.73. The molecule has 1 atom stereocenters. The van der Waals surface area contributed by atoms with E-state index in [1.54, 1.807) is 0 Å². The molecular formula is C20H28N2O3. The third kappa shape index (κ3) is 4.34. The Morgan fingerprint density at radius 3 is 2.80 bits per heavy atom. The lowest BCUT2D eigenvalue weighted by Gasteiger charge is -2.23. The number of aryl methyl sites for hydroxylation is 1. The molecule has 136 valence electrons. The molecule has 0 spiro atoms. The van der Waals surface area contributed by atoms with Crippen molar-refractivity contribution in [2.45, 2.75) is 52.6 Å². The molecule has 1 aliphatic heterocycles. The van der Waals surface area contributed by atoms with Crippen molar-refractivity contribution in [1.82, 2.24) is 10.1 Å². The van der Waals surface area contributed by atoms with E-state index < -0.39 is 0 Å². The number of benzene rings is 1. The first-order valence-electron chi connectivity index (χ1n) is 9.27. The standard InChI is InChI=1S/C20H28N2O3/c1-4-11-24-19-9-8-16(13-20(19)23-5-2)14-22-10-6-7-18(22)17-12-15(3)25-21-17/h8-9,12-13,18H,4-7,10-11,14H2,1-3H3/t18-/m1/s1. The van der Waals surface area contributed by atoms with Crippen molar-refractivity contribution in [2.75, 3.05) is 19.8 Å². The fourth-order valence-corrected chi connectivity index (χ4v) is 3.38. The molecule has 0 aliphatic carbocycles. The highest BCUT2D eigenvalue weighted by Crippen LogP contribution is 2.34. The first kappa shape index (κ1) is 17.8. The Hall–Kier alpha value is -2.01. The number of rotatable bonds is 8. The Bertz CT molecular complexity index is 683. The van der Waals surface area contributed by atoms with E-state index in [4.69, 9.17) is 14.0 Å². The fraction of sp³-hybridized carbons (Fsp3) is 0.550. The van der Waals surface area contributed by atoms with Gasteiger partial charge >= 0.3 is 0 Å². The van der Waals surface area contributed by atoms with Gasteiger partial charge in [0.05, 0.1) is 19.3 Å². The summed E-state index contributed by atoms with van der Waals surface area (Å²) in [7, 11) is 0. The normalized spacial score (nSPS) is 17.8. The van der Waals surface area contributed by atoms with E-state index in [9.17, 15) is 0 Å². The Kier molecular flexibility index (Phi) is 5.97. The van der Waals surface area contributed by atoms with Gasteiger partial charge in [-0.25, -0.2) is 0 Å². The zero-order valence-electron chi connectivity index (χ0n) is 15.5. The summed E-state index contributed by atoms with van der Waals surface area (Å²) in [5, 5.41) is 4.22. The maximum absolute atomic E-state index is 5.80. The van der Waals surface area contributed by atoms with Crippen LogP contribution in [0.15, 0.2) is 28.8 Å². The van der Waals surface area contributed by atoms with Crippen molar-refractivity contribution < 1.29 is 14.0 Å². The molecule has 2 heterocycles. The highest BCUT2D eigenvalue weighted by molar-refractivity contribution is 5.43. The summed E-state index contributed by atoms with van der Waals surface area (Å²) >= 11 is 0. The minimum absolute atomic E-state index is 0.337. The zero-order valence-corrected chi connectivity index (χ0v) is 15.5. The molecular weight excluding hydrogens is 316 g/mol. The minimum Gasteiger partial charge on any atom is -0.490 e. The third-order valence-corrected chi connectivity index (χ3v) is 4.51. The smallest absolute Gasteiger partial charge is 0.161 e. The van der Waals surface area contributed by atoms with Gasteiger partial charge in [0.25, 0.3) is 0 Å². The predicted octanol–water partition coefficient (Wildman–Crippen LogP) is 4.51. The molecule has 5 nitrogen and oxygen atoms in total. The maximum atomic E-state index is 5.80. The van der Waals surface area contributed by atoms with Crippen molar-refractivity contribution in [3.05, 3.63) is 41.3 Å². The fourth-order valence-electron chi connectivity index (χ4n) is 3.38. The van der Waals surface area contributed by atoms with Crippen LogP contribution in [-0.2, 0) is 6.54 Å². The summed E-state index contributed by atoms with van der Waals surface area (Å²) in [4.78, 5) is 2.47. The highest BCUT2D eigenvalue weighted by Gasteiger charge is 2.28. The quantitative estimate of drug-likeness (QED) is 0.705. The number of hydrogen-bond acceptors (Lipinski definition) is 5. The van der Waals surface area contributed by atoms with Gasteiger partial charge < -0.3 is 14.0 Å². The molecule has 1 fully saturated rings. The van der Waals surface area contributed by atoms with Crippen LogP contribution in [0.4, 0.5) is 0 Å².